The first-order chi connectivity index (χ1) is 9.69. The summed E-state index contributed by atoms with van der Waals surface area (Å²) in [6.07, 6.45) is 1.12. The number of aryl methyl sites for hydroxylation is 1. The van der Waals surface area contributed by atoms with Crippen LogP contribution in [0.1, 0.15) is 29.6 Å². The second-order valence-electron chi connectivity index (χ2n) is 4.61. The van der Waals surface area contributed by atoms with Crippen LogP contribution < -0.4 is 10.1 Å². The molecule has 0 saturated carbocycles. The molecule has 0 bridgehead atoms. The Balaban J connectivity index is 1.85. The van der Waals surface area contributed by atoms with Crippen LogP contribution >= 0.6 is 11.3 Å². The van der Waals surface area contributed by atoms with Crippen LogP contribution in [0, 0.1) is 12.7 Å². The lowest BCUT2D eigenvalue weighted by Gasteiger charge is -2.05. The molecule has 0 aliphatic carbocycles. The average molecular weight is 294 g/mol. The predicted molar refractivity (Wildman–Crippen MR) is 79.6 cm³/mol. The molecule has 2 rings (SSSR count). The largest absolute Gasteiger partial charge is 0.487 e. The summed E-state index contributed by atoms with van der Waals surface area (Å²) in [5.74, 6) is 0.456. The molecule has 0 aliphatic heterocycles. The summed E-state index contributed by atoms with van der Waals surface area (Å²) >= 11 is 1.63. The number of halogens is 1. The first-order valence-corrected chi connectivity index (χ1v) is 7.60. The fraction of sp³-hybridized carbons (Fsp3) is 0.400. The molecule has 1 heterocycles. The molecule has 3 nitrogen and oxygen atoms in total. The number of aromatic nitrogens is 1. The van der Waals surface area contributed by atoms with Gasteiger partial charge in [0.1, 0.15) is 23.2 Å². The zero-order chi connectivity index (χ0) is 14.4. The highest BCUT2D eigenvalue weighted by atomic mass is 32.1. The minimum atomic E-state index is -0.213. The summed E-state index contributed by atoms with van der Waals surface area (Å²) in [5, 5.41) is 6.38. The van der Waals surface area contributed by atoms with Crippen LogP contribution in [0.5, 0.6) is 5.75 Å². The van der Waals surface area contributed by atoms with E-state index in [0.717, 1.165) is 30.2 Å². The number of rotatable bonds is 7. The van der Waals surface area contributed by atoms with E-state index in [-0.39, 0.29) is 5.82 Å². The Labute approximate surface area is 122 Å². The normalized spacial score (nSPS) is 10.8. The van der Waals surface area contributed by atoms with Gasteiger partial charge in [0.25, 0.3) is 0 Å². The molecule has 0 saturated heterocycles. The molecule has 0 fully saturated rings. The third-order valence-corrected chi connectivity index (χ3v) is 3.72. The van der Waals surface area contributed by atoms with Gasteiger partial charge in [0.15, 0.2) is 0 Å². The molecular weight excluding hydrogens is 275 g/mol. The van der Waals surface area contributed by atoms with Crippen molar-refractivity contribution in [2.75, 3.05) is 6.54 Å². The zero-order valence-electron chi connectivity index (χ0n) is 11.8. The maximum Gasteiger partial charge on any atom is 0.131 e. The highest BCUT2D eigenvalue weighted by Crippen LogP contribution is 2.18. The van der Waals surface area contributed by atoms with Crippen molar-refractivity contribution in [3.8, 4) is 5.75 Å². The molecular formula is C15H19FN2OS. The van der Waals surface area contributed by atoms with Crippen LogP contribution in [0.3, 0.4) is 0 Å². The molecule has 0 spiro atoms. The zero-order valence-corrected chi connectivity index (χ0v) is 12.6. The topological polar surface area (TPSA) is 34.2 Å². The molecule has 1 aromatic heterocycles. The van der Waals surface area contributed by atoms with E-state index in [9.17, 15) is 4.39 Å². The number of nitrogens with one attached hydrogen (secondary N) is 1. The lowest BCUT2D eigenvalue weighted by Crippen LogP contribution is -2.13. The maximum absolute atomic E-state index is 13.1. The van der Waals surface area contributed by atoms with E-state index in [2.05, 4.69) is 17.2 Å². The minimum Gasteiger partial charge on any atom is -0.487 e. The van der Waals surface area contributed by atoms with E-state index in [1.807, 2.05) is 5.38 Å². The van der Waals surface area contributed by atoms with Crippen molar-refractivity contribution in [3.63, 3.8) is 0 Å². The van der Waals surface area contributed by atoms with E-state index in [1.165, 1.54) is 6.07 Å². The number of hydrogen-bond acceptors (Lipinski definition) is 4. The Kier molecular flexibility index (Phi) is 5.49. The molecule has 0 unspecified atom stereocenters. The van der Waals surface area contributed by atoms with Crippen molar-refractivity contribution in [3.05, 3.63) is 45.7 Å². The number of thiazole rings is 1. The van der Waals surface area contributed by atoms with Gasteiger partial charge in [-0.05, 0) is 43.7 Å². The Hall–Kier alpha value is -1.46. The molecule has 5 heteroatoms. The summed E-state index contributed by atoms with van der Waals surface area (Å²) < 4.78 is 18.8. The van der Waals surface area contributed by atoms with Gasteiger partial charge in [-0.1, -0.05) is 6.92 Å². The van der Waals surface area contributed by atoms with Gasteiger partial charge < -0.3 is 10.1 Å². The Morgan fingerprint density at radius 1 is 1.40 bits per heavy atom. The molecule has 2 aromatic rings. The fourth-order valence-corrected chi connectivity index (χ4v) is 2.48. The number of hydrogen-bond donors (Lipinski definition) is 1. The molecule has 108 valence electrons. The van der Waals surface area contributed by atoms with E-state index in [1.54, 1.807) is 30.4 Å². The van der Waals surface area contributed by atoms with Crippen molar-refractivity contribution in [1.29, 1.82) is 0 Å². The molecule has 0 atom stereocenters. The van der Waals surface area contributed by atoms with Crippen LogP contribution in [-0.4, -0.2) is 11.5 Å². The second kappa shape index (κ2) is 7.36. The summed E-state index contributed by atoms with van der Waals surface area (Å²) in [6.45, 7) is 6.07. The smallest absolute Gasteiger partial charge is 0.131 e. The number of ether oxygens (including phenoxy) is 1. The number of nitrogens with zero attached hydrogens (tertiary/aromatic N) is 1. The second-order valence-corrected chi connectivity index (χ2v) is 5.55. The third kappa shape index (κ3) is 4.28. The van der Waals surface area contributed by atoms with Crippen LogP contribution in [0.4, 0.5) is 4.39 Å². The third-order valence-electron chi connectivity index (χ3n) is 2.82. The quantitative estimate of drug-likeness (QED) is 0.791. The van der Waals surface area contributed by atoms with Gasteiger partial charge in [-0.2, -0.15) is 0 Å². The summed E-state index contributed by atoms with van der Waals surface area (Å²) in [5.41, 5.74) is 1.50. The van der Waals surface area contributed by atoms with Crippen molar-refractivity contribution in [2.24, 2.45) is 0 Å². The molecule has 0 amide bonds. The molecule has 1 aromatic carbocycles. The van der Waals surface area contributed by atoms with Gasteiger partial charge in [0, 0.05) is 11.9 Å². The van der Waals surface area contributed by atoms with Crippen LogP contribution in [0.25, 0.3) is 0 Å². The lowest BCUT2D eigenvalue weighted by atomic mass is 10.2. The van der Waals surface area contributed by atoms with Crippen molar-refractivity contribution >= 4 is 11.3 Å². The standard InChI is InChI=1S/C15H19FN2OS/c1-3-6-17-8-15-18-12(10-20-15)9-19-13-4-5-14(16)11(2)7-13/h4-5,7,10,17H,3,6,8-9H2,1-2H3. The van der Waals surface area contributed by atoms with Gasteiger partial charge in [-0.15, -0.1) is 11.3 Å². The van der Waals surface area contributed by atoms with Gasteiger partial charge >= 0.3 is 0 Å². The number of benzene rings is 1. The first kappa shape index (κ1) is 14.9. The van der Waals surface area contributed by atoms with Crippen molar-refractivity contribution in [2.45, 2.75) is 33.4 Å². The summed E-state index contributed by atoms with van der Waals surface area (Å²) in [7, 11) is 0. The Bertz CT molecular complexity index is 557. The highest BCUT2D eigenvalue weighted by molar-refractivity contribution is 7.09. The van der Waals surface area contributed by atoms with Gasteiger partial charge in [0.05, 0.1) is 5.69 Å². The van der Waals surface area contributed by atoms with Crippen LogP contribution in [-0.2, 0) is 13.2 Å². The molecule has 0 aliphatic rings. The van der Waals surface area contributed by atoms with Crippen molar-refractivity contribution < 1.29 is 9.13 Å². The molecule has 0 radical (unpaired) electrons. The van der Waals surface area contributed by atoms with Gasteiger partial charge in [0.2, 0.25) is 0 Å². The summed E-state index contributed by atoms with van der Waals surface area (Å²) in [6, 6.07) is 4.76. The van der Waals surface area contributed by atoms with Crippen molar-refractivity contribution in [1.82, 2.24) is 10.3 Å². The summed E-state index contributed by atoms with van der Waals surface area (Å²) in [4.78, 5) is 4.49. The van der Waals surface area contributed by atoms with E-state index < -0.39 is 0 Å². The van der Waals surface area contributed by atoms with Crippen LogP contribution in [0.15, 0.2) is 23.6 Å². The fourth-order valence-electron chi connectivity index (χ4n) is 1.73. The first-order valence-electron chi connectivity index (χ1n) is 6.72. The highest BCUT2D eigenvalue weighted by Gasteiger charge is 2.04. The van der Waals surface area contributed by atoms with Crippen LogP contribution in [0.2, 0.25) is 0 Å². The van der Waals surface area contributed by atoms with Gasteiger partial charge in [-0.25, -0.2) is 9.37 Å². The lowest BCUT2D eigenvalue weighted by molar-refractivity contribution is 0.301. The van der Waals surface area contributed by atoms with E-state index >= 15 is 0 Å². The van der Waals surface area contributed by atoms with E-state index in [4.69, 9.17) is 4.74 Å². The SMILES string of the molecule is CCCNCc1nc(COc2ccc(F)c(C)c2)cs1. The maximum atomic E-state index is 13.1. The van der Waals surface area contributed by atoms with E-state index in [0.29, 0.717) is 17.9 Å². The molecule has 1 N–H and O–H groups in total. The monoisotopic (exact) mass is 294 g/mol. The molecule has 20 heavy (non-hydrogen) atoms. The Morgan fingerprint density at radius 3 is 3.00 bits per heavy atom. The average Bonchev–Trinajstić information content (AvgIpc) is 2.88. The Morgan fingerprint density at radius 2 is 2.25 bits per heavy atom. The van der Waals surface area contributed by atoms with Gasteiger partial charge in [-0.3, -0.25) is 0 Å². The predicted octanol–water partition coefficient (Wildman–Crippen LogP) is 3.67. The minimum absolute atomic E-state index is 0.213.